The van der Waals surface area contributed by atoms with Crippen LogP contribution in [0.15, 0.2) is 23.2 Å². The molecule has 0 aliphatic heterocycles. The number of hydrogen-bond acceptors (Lipinski definition) is 5. The number of rotatable bonds is 4. The van der Waals surface area contributed by atoms with Crippen molar-refractivity contribution >= 4 is 26.5 Å². The zero-order valence-corrected chi connectivity index (χ0v) is 11.9. The van der Waals surface area contributed by atoms with E-state index in [1.54, 1.807) is 6.92 Å². The van der Waals surface area contributed by atoms with Gasteiger partial charge in [0.15, 0.2) is 16.8 Å². The summed E-state index contributed by atoms with van der Waals surface area (Å²) in [5, 5.41) is 8.97. The summed E-state index contributed by atoms with van der Waals surface area (Å²) in [6.45, 7) is 1.12. The first kappa shape index (κ1) is 14.8. The standard InChI is InChI=1S/C11H10F2N2O3S2/c1-6-4-14-11(19-6)15-20(17,18)9-3-7(5-16)2-8(12)10(9)13/h2-4,16H,5H2,1H3,(H,14,15). The maximum Gasteiger partial charge on any atom is 0.266 e. The van der Waals surface area contributed by atoms with Crippen LogP contribution in [0.3, 0.4) is 0 Å². The van der Waals surface area contributed by atoms with Crippen molar-refractivity contribution in [1.82, 2.24) is 4.98 Å². The van der Waals surface area contributed by atoms with E-state index in [0.29, 0.717) is 0 Å². The average Bonchev–Trinajstić information content (AvgIpc) is 2.76. The van der Waals surface area contributed by atoms with Crippen LogP contribution in [-0.2, 0) is 16.6 Å². The highest BCUT2D eigenvalue weighted by atomic mass is 32.2. The zero-order valence-electron chi connectivity index (χ0n) is 10.2. The Kier molecular flexibility index (Phi) is 4.02. The Morgan fingerprint density at radius 1 is 1.40 bits per heavy atom. The molecule has 0 radical (unpaired) electrons. The second-order valence-corrected chi connectivity index (χ2v) is 6.82. The summed E-state index contributed by atoms with van der Waals surface area (Å²) in [5.74, 6) is -2.84. The third kappa shape index (κ3) is 2.94. The number of aliphatic hydroxyl groups is 1. The lowest BCUT2D eigenvalue weighted by atomic mass is 10.2. The van der Waals surface area contributed by atoms with Crippen LogP contribution in [0.1, 0.15) is 10.4 Å². The Morgan fingerprint density at radius 2 is 2.10 bits per heavy atom. The number of aromatic nitrogens is 1. The first-order valence-electron chi connectivity index (χ1n) is 5.37. The van der Waals surface area contributed by atoms with Gasteiger partial charge in [-0.3, -0.25) is 4.72 Å². The van der Waals surface area contributed by atoms with Gasteiger partial charge in [0.1, 0.15) is 4.90 Å². The van der Waals surface area contributed by atoms with Gasteiger partial charge in [-0.2, -0.15) is 0 Å². The molecule has 2 aromatic rings. The average molecular weight is 320 g/mol. The molecule has 0 aliphatic rings. The molecule has 0 saturated carbocycles. The van der Waals surface area contributed by atoms with Gasteiger partial charge in [0, 0.05) is 11.1 Å². The van der Waals surface area contributed by atoms with Crippen molar-refractivity contribution in [2.75, 3.05) is 4.72 Å². The third-order valence-electron chi connectivity index (χ3n) is 2.37. The highest BCUT2D eigenvalue weighted by Gasteiger charge is 2.24. The molecule has 0 fully saturated rings. The monoisotopic (exact) mass is 320 g/mol. The molecule has 2 rings (SSSR count). The first-order valence-corrected chi connectivity index (χ1v) is 7.67. The van der Waals surface area contributed by atoms with E-state index in [4.69, 9.17) is 5.11 Å². The van der Waals surface area contributed by atoms with Gasteiger partial charge in [-0.05, 0) is 24.6 Å². The number of nitrogens with one attached hydrogen (secondary N) is 1. The number of sulfonamides is 1. The lowest BCUT2D eigenvalue weighted by molar-refractivity contribution is 0.280. The fraction of sp³-hybridized carbons (Fsp3) is 0.182. The van der Waals surface area contributed by atoms with Crippen LogP contribution >= 0.6 is 11.3 Å². The number of thiazole rings is 1. The molecular weight excluding hydrogens is 310 g/mol. The molecule has 2 N–H and O–H groups in total. The van der Waals surface area contributed by atoms with Crippen molar-refractivity contribution in [1.29, 1.82) is 0 Å². The molecule has 0 bridgehead atoms. The van der Waals surface area contributed by atoms with Gasteiger partial charge in [0.05, 0.1) is 6.61 Å². The van der Waals surface area contributed by atoms with Gasteiger partial charge in [0.25, 0.3) is 10.0 Å². The van der Waals surface area contributed by atoms with Crippen LogP contribution in [0.5, 0.6) is 0 Å². The van der Waals surface area contributed by atoms with Crippen molar-refractivity contribution in [3.8, 4) is 0 Å². The zero-order chi connectivity index (χ0) is 14.9. The quantitative estimate of drug-likeness (QED) is 0.903. The summed E-state index contributed by atoms with van der Waals surface area (Å²) < 4.78 is 53.0. The van der Waals surface area contributed by atoms with E-state index in [1.807, 2.05) is 0 Å². The van der Waals surface area contributed by atoms with E-state index in [9.17, 15) is 17.2 Å². The maximum atomic E-state index is 13.6. The summed E-state index contributed by atoms with van der Waals surface area (Å²) in [7, 11) is -4.31. The lowest BCUT2D eigenvalue weighted by Gasteiger charge is -2.08. The van der Waals surface area contributed by atoms with Gasteiger partial charge in [-0.1, -0.05) is 0 Å². The molecule has 1 aromatic heterocycles. The van der Waals surface area contributed by atoms with Crippen LogP contribution in [0.2, 0.25) is 0 Å². The van der Waals surface area contributed by atoms with Gasteiger partial charge in [-0.25, -0.2) is 22.2 Å². The summed E-state index contributed by atoms with van der Waals surface area (Å²) >= 11 is 1.06. The number of halogens is 2. The highest BCUT2D eigenvalue weighted by molar-refractivity contribution is 7.93. The van der Waals surface area contributed by atoms with Gasteiger partial charge >= 0.3 is 0 Å². The Hall–Kier alpha value is -1.58. The number of hydrogen-bond donors (Lipinski definition) is 2. The number of benzene rings is 1. The molecular formula is C11H10F2N2O3S2. The minimum Gasteiger partial charge on any atom is -0.392 e. The molecule has 0 amide bonds. The van der Waals surface area contributed by atoms with Crippen molar-refractivity contribution in [2.24, 2.45) is 0 Å². The molecule has 108 valence electrons. The second-order valence-electron chi connectivity index (χ2n) is 3.93. The van der Waals surface area contributed by atoms with Crippen LogP contribution in [0.4, 0.5) is 13.9 Å². The molecule has 0 aliphatic carbocycles. The van der Waals surface area contributed by atoms with Gasteiger partial charge in [-0.15, -0.1) is 11.3 Å². The van der Waals surface area contributed by atoms with E-state index in [0.717, 1.165) is 28.3 Å². The minimum atomic E-state index is -4.31. The normalized spacial score (nSPS) is 11.6. The topological polar surface area (TPSA) is 79.3 Å². The second kappa shape index (κ2) is 5.43. The summed E-state index contributed by atoms with van der Waals surface area (Å²) in [6, 6.07) is 1.61. The van der Waals surface area contributed by atoms with E-state index >= 15 is 0 Å². The fourth-order valence-corrected chi connectivity index (χ4v) is 3.52. The van der Waals surface area contributed by atoms with Crippen LogP contribution in [0.25, 0.3) is 0 Å². The van der Waals surface area contributed by atoms with Crippen molar-refractivity contribution in [3.63, 3.8) is 0 Å². The molecule has 0 atom stereocenters. The van der Waals surface area contributed by atoms with E-state index in [-0.39, 0.29) is 10.7 Å². The Morgan fingerprint density at radius 3 is 2.65 bits per heavy atom. The summed E-state index contributed by atoms with van der Waals surface area (Å²) in [5.41, 5.74) is -0.0420. The van der Waals surface area contributed by atoms with Crippen molar-refractivity contribution in [3.05, 3.63) is 40.4 Å². The van der Waals surface area contributed by atoms with Crippen molar-refractivity contribution < 1.29 is 22.3 Å². The van der Waals surface area contributed by atoms with Gasteiger partial charge in [0.2, 0.25) is 0 Å². The first-order chi connectivity index (χ1) is 9.33. The number of aliphatic hydroxyl groups excluding tert-OH is 1. The van der Waals surface area contributed by atoms with Crippen LogP contribution in [0, 0.1) is 18.6 Å². The summed E-state index contributed by atoms with van der Waals surface area (Å²) in [4.78, 5) is 3.68. The minimum absolute atomic E-state index is 0.0420. The predicted molar refractivity (Wildman–Crippen MR) is 69.9 cm³/mol. The lowest BCUT2D eigenvalue weighted by Crippen LogP contribution is -2.15. The molecule has 0 saturated heterocycles. The summed E-state index contributed by atoms with van der Waals surface area (Å²) in [6.07, 6.45) is 1.45. The molecule has 0 unspecified atom stereocenters. The molecule has 5 nitrogen and oxygen atoms in total. The smallest absolute Gasteiger partial charge is 0.266 e. The largest absolute Gasteiger partial charge is 0.392 e. The maximum absolute atomic E-state index is 13.6. The third-order valence-corrected chi connectivity index (χ3v) is 4.67. The Bertz CT molecular complexity index is 744. The molecule has 1 aromatic carbocycles. The van der Waals surface area contributed by atoms with E-state index < -0.39 is 33.2 Å². The molecule has 20 heavy (non-hydrogen) atoms. The fourth-order valence-electron chi connectivity index (χ4n) is 1.48. The Labute approximate surface area is 118 Å². The number of nitrogens with zero attached hydrogens (tertiary/aromatic N) is 1. The SMILES string of the molecule is Cc1cnc(NS(=O)(=O)c2cc(CO)cc(F)c2F)s1. The van der Waals surface area contributed by atoms with E-state index in [2.05, 4.69) is 9.71 Å². The van der Waals surface area contributed by atoms with E-state index in [1.165, 1.54) is 6.20 Å². The molecule has 0 spiro atoms. The number of anilines is 1. The predicted octanol–water partition coefficient (Wildman–Crippen LogP) is 2.02. The van der Waals surface area contributed by atoms with Crippen LogP contribution in [-0.4, -0.2) is 18.5 Å². The molecule has 1 heterocycles. The highest BCUT2D eigenvalue weighted by Crippen LogP contribution is 2.24. The van der Waals surface area contributed by atoms with Gasteiger partial charge < -0.3 is 5.11 Å². The number of aryl methyl sites for hydroxylation is 1. The molecule has 9 heteroatoms. The van der Waals surface area contributed by atoms with Crippen LogP contribution < -0.4 is 4.72 Å². The van der Waals surface area contributed by atoms with Crippen molar-refractivity contribution in [2.45, 2.75) is 18.4 Å². The Balaban J connectivity index is 2.46.